The maximum Gasteiger partial charge on any atom is 0.232 e. The highest BCUT2D eigenvalue weighted by Crippen LogP contribution is 2.50. The number of hydrogen-bond donors (Lipinski definition) is 0. The van der Waals surface area contributed by atoms with Crippen molar-refractivity contribution in [2.45, 2.75) is 39.0 Å². The van der Waals surface area contributed by atoms with Gasteiger partial charge in [0.05, 0.1) is 14.2 Å². The van der Waals surface area contributed by atoms with E-state index in [2.05, 4.69) is 13.8 Å². The zero-order valence-electron chi connectivity index (χ0n) is 17.9. The SMILES string of the molecule is COc1cccc([C@@H]2CC(=O)N(c3ccccc3)C3=C2C(=O)CC(C)(C)C3)c1OC. The van der Waals surface area contributed by atoms with Crippen molar-refractivity contribution in [2.24, 2.45) is 5.41 Å². The van der Waals surface area contributed by atoms with Crippen molar-refractivity contribution in [1.82, 2.24) is 0 Å². The molecule has 1 atom stereocenters. The lowest BCUT2D eigenvalue weighted by molar-refractivity contribution is -0.121. The summed E-state index contributed by atoms with van der Waals surface area (Å²) >= 11 is 0. The van der Waals surface area contributed by atoms with E-state index in [1.165, 1.54) is 0 Å². The second-order valence-electron chi connectivity index (χ2n) is 8.71. The second-order valence-corrected chi connectivity index (χ2v) is 8.71. The van der Waals surface area contributed by atoms with Crippen LogP contribution in [0.5, 0.6) is 11.5 Å². The number of allylic oxidation sites excluding steroid dienone is 2. The van der Waals surface area contributed by atoms with Gasteiger partial charge in [-0.05, 0) is 30.0 Å². The number of nitrogens with zero attached hydrogens (tertiary/aromatic N) is 1. The van der Waals surface area contributed by atoms with Crippen molar-refractivity contribution in [3.8, 4) is 11.5 Å². The number of anilines is 1. The average molecular weight is 405 g/mol. The smallest absolute Gasteiger partial charge is 0.232 e. The summed E-state index contributed by atoms with van der Waals surface area (Å²) in [5.74, 6) is 0.917. The van der Waals surface area contributed by atoms with Crippen LogP contribution in [-0.4, -0.2) is 25.9 Å². The van der Waals surface area contributed by atoms with Gasteiger partial charge >= 0.3 is 0 Å². The molecule has 0 radical (unpaired) electrons. The number of carbonyl (C=O) groups excluding carboxylic acids is 2. The molecule has 0 saturated carbocycles. The number of hydrogen-bond acceptors (Lipinski definition) is 4. The molecule has 0 aromatic heterocycles. The van der Waals surface area contributed by atoms with Crippen molar-refractivity contribution < 1.29 is 19.1 Å². The quantitative estimate of drug-likeness (QED) is 0.728. The van der Waals surface area contributed by atoms with Crippen LogP contribution in [0.3, 0.4) is 0 Å². The van der Waals surface area contributed by atoms with E-state index in [1.807, 2.05) is 48.5 Å². The summed E-state index contributed by atoms with van der Waals surface area (Å²) in [5, 5.41) is 0. The van der Waals surface area contributed by atoms with Crippen molar-refractivity contribution in [3.05, 3.63) is 65.4 Å². The molecule has 0 unspecified atom stereocenters. The summed E-state index contributed by atoms with van der Waals surface area (Å²) in [6.07, 6.45) is 1.34. The molecule has 5 nitrogen and oxygen atoms in total. The highest BCUT2D eigenvalue weighted by Gasteiger charge is 2.45. The monoisotopic (exact) mass is 405 g/mol. The molecule has 30 heavy (non-hydrogen) atoms. The molecule has 2 aromatic rings. The Kier molecular flexibility index (Phi) is 5.14. The number of Topliss-reactive ketones (excluding diaryl/α,β-unsaturated/α-hetero) is 1. The number of benzene rings is 2. The largest absolute Gasteiger partial charge is 0.493 e. The van der Waals surface area contributed by atoms with E-state index < -0.39 is 0 Å². The Hall–Kier alpha value is -3.08. The van der Waals surface area contributed by atoms with E-state index in [4.69, 9.17) is 9.47 Å². The molecular formula is C25H27NO4. The van der Waals surface area contributed by atoms with E-state index in [-0.39, 0.29) is 29.4 Å². The first-order valence-corrected chi connectivity index (χ1v) is 10.2. The maximum absolute atomic E-state index is 13.4. The van der Waals surface area contributed by atoms with Crippen LogP contribution in [0.2, 0.25) is 0 Å². The van der Waals surface area contributed by atoms with Crippen molar-refractivity contribution >= 4 is 17.4 Å². The molecule has 0 N–H and O–H groups in total. The van der Waals surface area contributed by atoms with E-state index in [0.717, 1.165) is 22.5 Å². The first-order chi connectivity index (χ1) is 14.4. The van der Waals surface area contributed by atoms with Crippen LogP contribution in [0.25, 0.3) is 0 Å². The maximum atomic E-state index is 13.4. The third-order valence-corrected chi connectivity index (χ3v) is 5.97. The number of methoxy groups -OCH3 is 2. The van der Waals surface area contributed by atoms with Crippen LogP contribution in [0, 0.1) is 5.41 Å². The van der Waals surface area contributed by atoms with Gasteiger partial charge in [0, 0.05) is 41.3 Å². The molecule has 0 fully saturated rings. The van der Waals surface area contributed by atoms with Gasteiger partial charge in [-0.1, -0.05) is 44.2 Å². The van der Waals surface area contributed by atoms with Crippen LogP contribution in [0.4, 0.5) is 5.69 Å². The zero-order chi connectivity index (χ0) is 21.5. The normalized spacial score (nSPS) is 20.8. The molecule has 0 spiro atoms. The average Bonchev–Trinajstić information content (AvgIpc) is 2.72. The number of ether oxygens (including phenoxy) is 2. The topological polar surface area (TPSA) is 55.8 Å². The number of rotatable bonds is 4. The minimum absolute atomic E-state index is 0.0136. The van der Waals surface area contributed by atoms with Gasteiger partial charge in [-0.2, -0.15) is 0 Å². The fraction of sp³-hybridized carbons (Fsp3) is 0.360. The molecule has 2 aliphatic rings. The van der Waals surface area contributed by atoms with E-state index >= 15 is 0 Å². The van der Waals surface area contributed by atoms with Crippen LogP contribution < -0.4 is 14.4 Å². The van der Waals surface area contributed by atoms with Gasteiger partial charge in [-0.25, -0.2) is 0 Å². The first-order valence-electron chi connectivity index (χ1n) is 10.2. The Morgan fingerprint density at radius 3 is 2.33 bits per heavy atom. The molecule has 1 aliphatic heterocycles. The summed E-state index contributed by atoms with van der Waals surface area (Å²) in [7, 11) is 3.17. The Morgan fingerprint density at radius 1 is 0.933 bits per heavy atom. The van der Waals surface area contributed by atoms with Gasteiger partial charge in [0.1, 0.15) is 0 Å². The predicted molar refractivity (Wildman–Crippen MR) is 116 cm³/mol. The lowest BCUT2D eigenvalue weighted by Gasteiger charge is -2.43. The summed E-state index contributed by atoms with van der Waals surface area (Å²) in [6.45, 7) is 4.16. The highest BCUT2D eigenvalue weighted by atomic mass is 16.5. The Morgan fingerprint density at radius 2 is 1.67 bits per heavy atom. The summed E-state index contributed by atoms with van der Waals surface area (Å²) in [4.78, 5) is 28.6. The number of para-hydroxylation sites is 2. The third-order valence-electron chi connectivity index (χ3n) is 5.97. The minimum atomic E-state index is -0.346. The minimum Gasteiger partial charge on any atom is -0.493 e. The van der Waals surface area contributed by atoms with Crippen LogP contribution >= 0.6 is 0 Å². The molecule has 156 valence electrons. The van der Waals surface area contributed by atoms with Gasteiger partial charge in [-0.3, -0.25) is 14.5 Å². The molecule has 4 rings (SSSR count). The first kappa shape index (κ1) is 20.2. The van der Waals surface area contributed by atoms with Crippen LogP contribution in [0.1, 0.15) is 44.6 Å². The van der Waals surface area contributed by atoms with Gasteiger partial charge in [-0.15, -0.1) is 0 Å². The van der Waals surface area contributed by atoms with Crippen molar-refractivity contribution in [3.63, 3.8) is 0 Å². The van der Waals surface area contributed by atoms with E-state index in [9.17, 15) is 9.59 Å². The van der Waals surface area contributed by atoms with Gasteiger partial charge in [0.15, 0.2) is 17.3 Å². The lowest BCUT2D eigenvalue weighted by Crippen LogP contribution is -2.43. The fourth-order valence-corrected chi connectivity index (χ4v) is 4.74. The van der Waals surface area contributed by atoms with E-state index in [0.29, 0.717) is 24.3 Å². The molecule has 1 heterocycles. The summed E-state index contributed by atoms with van der Waals surface area (Å²) in [5.41, 5.74) is 2.96. The molecule has 0 bridgehead atoms. The lowest BCUT2D eigenvalue weighted by atomic mass is 9.69. The molecule has 0 saturated heterocycles. The van der Waals surface area contributed by atoms with Gasteiger partial charge in [0.25, 0.3) is 0 Å². The highest BCUT2D eigenvalue weighted by molar-refractivity contribution is 6.08. The molecule has 2 aromatic carbocycles. The van der Waals surface area contributed by atoms with Gasteiger partial charge in [0.2, 0.25) is 5.91 Å². The predicted octanol–water partition coefficient (Wildman–Crippen LogP) is 4.87. The fourth-order valence-electron chi connectivity index (χ4n) is 4.74. The number of ketones is 1. The van der Waals surface area contributed by atoms with Crippen LogP contribution in [-0.2, 0) is 9.59 Å². The zero-order valence-corrected chi connectivity index (χ0v) is 17.9. The number of amides is 1. The Labute approximate surface area is 177 Å². The standard InChI is InChI=1S/C25H27NO4/c1-25(2)14-19-23(20(27)15-25)18(17-11-8-12-21(29-3)24(17)30-4)13-22(28)26(19)16-9-6-5-7-10-16/h5-12,18H,13-15H2,1-4H3/t18-/m0/s1. The third kappa shape index (κ3) is 3.38. The van der Waals surface area contributed by atoms with Crippen molar-refractivity contribution in [1.29, 1.82) is 0 Å². The Balaban J connectivity index is 1.93. The summed E-state index contributed by atoms with van der Waals surface area (Å²) in [6, 6.07) is 15.2. The molecule has 1 aliphatic carbocycles. The van der Waals surface area contributed by atoms with Gasteiger partial charge < -0.3 is 9.47 Å². The second kappa shape index (κ2) is 7.63. The molecular weight excluding hydrogens is 378 g/mol. The van der Waals surface area contributed by atoms with Crippen LogP contribution in [0.15, 0.2) is 59.8 Å². The summed E-state index contributed by atoms with van der Waals surface area (Å²) < 4.78 is 11.1. The molecule has 5 heteroatoms. The number of carbonyl (C=O) groups is 2. The van der Waals surface area contributed by atoms with E-state index in [1.54, 1.807) is 19.1 Å². The molecule has 1 amide bonds. The van der Waals surface area contributed by atoms with Crippen molar-refractivity contribution in [2.75, 3.05) is 19.1 Å². The Bertz CT molecular complexity index is 1020.